The number of fused-ring (bicyclic) bond motifs is 1. The van der Waals surface area contributed by atoms with Crippen LogP contribution in [0.5, 0.6) is 5.75 Å². The van der Waals surface area contributed by atoms with Crippen LogP contribution in [-0.4, -0.2) is 36.3 Å². The van der Waals surface area contributed by atoms with Gasteiger partial charge in [-0.1, -0.05) is 0 Å². The molecule has 0 fully saturated rings. The van der Waals surface area contributed by atoms with E-state index in [9.17, 15) is 8.78 Å². The van der Waals surface area contributed by atoms with E-state index in [2.05, 4.69) is 10.6 Å². The predicted octanol–water partition coefficient (Wildman–Crippen LogP) is 1.92. The highest BCUT2D eigenvalue weighted by Gasteiger charge is 2.33. The number of hydrogen-bond donors (Lipinski definition) is 1. The molecule has 1 aromatic carbocycles. The number of rotatable bonds is 4. The van der Waals surface area contributed by atoms with Crippen LogP contribution in [-0.2, 0) is 6.42 Å². The molecule has 1 N–H and O–H groups in total. The molecule has 117 valence electrons. The molecule has 22 heavy (non-hydrogen) atoms. The van der Waals surface area contributed by atoms with Crippen LogP contribution < -0.4 is 15.4 Å². The molecule has 1 aromatic rings. The minimum Gasteiger partial charge on any atom is -0.488 e. The highest BCUT2D eigenvalue weighted by molar-refractivity contribution is 7.80. The second kappa shape index (κ2) is 6.18. The minimum atomic E-state index is -0.659. The normalized spacial score (nSPS) is 20.3. The molecule has 0 aliphatic carbocycles. The van der Waals surface area contributed by atoms with Gasteiger partial charge >= 0.3 is 0 Å². The average molecular weight is 324 g/mol. The van der Waals surface area contributed by atoms with Crippen molar-refractivity contribution in [1.29, 1.82) is 0 Å². The van der Waals surface area contributed by atoms with Crippen molar-refractivity contribution < 1.29 is 13.5 Å². The van der Waals surface area contributed by atoms with Gasteiger partial charge < -0.3 is 15.0 Å². The molecular weight excluding hydrogens is 308 g/mol. The fourth-order valence-corrected chi connectivity index (χ4v) is 3.11. The first-order valence-electron chi connectivity index (χ1n) is 7.08. The Hall–Kier alpha value is -1.73. The molecule has 1 atom stereocenters. The maximum absolute atomic E-state index is 13.7. The van der Waals surface area contributed by atoms with Crippen LogP contribution in [0.4, 0.5) is 8.78 Å². The summed E-state index contributed by atoms with van der Waals surface area (Å²) in [6.45, 7) is 1.09. The fraction of sp³-hybridized carbons (Fsp3) is 0.400. The van der Waals surface area contributed by atoms with Gasteiger partial charge in [-0.25, -0.2) is 14.1 Å². The molecular formula is C15H16F2N3OS. The van der Waals surface area contributed by atoms with Crippen molar-refractivity contribution in [3.8, 4) is 5.75 Å². The lowest BCUT2D eigenvalue weighted by atomic mass is 10.0. The van der Waals surface area contributed by atoms with Gasteiger partial charge in [0, 0.05) is 42.9 Å². The largest absolute Gasteiger partial charge is 0.488 e. The Balaban J connectivity index is 1.81. The topological polar surface area (TPSA) is 38.6 Å². The van der Waals surface area contributed by atoms with E-state index >= 15 is 0 Å². The zero-order valence-electron chi connectivity index (χ0n) is 12.1. The predicted molar refractivity (Wildman–Crippen MR) is 82.5 cm³/mol. The molecule has 7 heteroatoms. The number of ether oxygens (including phenoxy) is 1. The first kappa shape index (κ1) is 15.2. The van der Waals surface area contributed by atoms with E-state index in [1.807, 2.05) is 11.9 Å². The van der Waals surface area contributed by atoms with Crippen molar-refractivity contribution in [2.24, 2.45) is 0 Å². The lowest BCUT2D eigenvalue weighted by molar-refractivity contribution is 0.188. The number of nitrogens with zero attached hydrogens (tertiary/aromatic N) is 2. The third-order valence-electron chi connectivity index (χ3n) is 3.80. The Labute approximate surface area is 133 Å². The summed E-state index contributed by atoms with van der Waals surface area (Å²) < 4.78 is 32.6. The molecule has 2 heterocycles. The van der Waals surface area contributed by atoms with Crippen molar-refractivity contribution in [3.05, 3.63) is 41.2 Å². The lowest BCUT2D eigenvalue weighted by Gasteiger charge is -2.34. The summed E-state index contributed by atoms with van der Waals surface area (Å²) in [5, 5.41) is 7.73. The molecule has 2 aliphatic rings. The Morgan fingerprint density at radius 2 is 2.27 bits per heavy atom. The van der Waals surface area contributed by atoms with Crippen LogP contribution in [0.3, 0.4) is 0 Å². The SMILES string of the molecule is CNCCC1=C[N]C(=S)N1[C@H]1COc2c(F)cc(F)cc2C1. The Morgan fingerprint density at radius 1 is 1.45 bits per heavy atom. The van der Waals surface area contributed by atoms with Crippen LogP contribution in [0.15, 0.2) is 24.0 Å². The van der Waals surface area contributed by atoms with E-state index in [1.54, 1.807) is 6.20 Å². The van der Waals surface area contributed by atoms with Gasteiger partial charge in [-0.05, 0) is 25.3 Å². The summed E-state index contributed by atoms with van der Waals surface area (Å²) >= 11 is 5.28. The highest BCUT2D eigenvalue weighted by Crippen LogP contribution is 2.32. The van der Waals surface area contributed by atoms with Gasteiger partial charge in [0.2, 0.25) is 0 Å². The van der Waals surface area contributed by atoms with Gasteiger partial charge in [0.15, 0.2) is 16.7 Å². The standard InChI is InChI=1S/C15H16F2N3OS/c1-18-3-2-11-7-19-15(22)20(11)12-5-9-4-10(16)6-13(17)14(9)21-8-12/h4,6-7,12,18H,2-3,5,8H2,1H3/t12-/m1/s1. The Morgan fingerprint density at radius 3 is 3.05 bits per heavy atom. The number of benzene rings is 1. The summed E-state index contributed by atoms with van der Waals surface area (Å²) in [5.41, 5.74) is 1.52. The molecule has 0 spiro atoms. The summed E-state index contributed by atoms with van der Waals surface area (Å²) in [7, 11) is 1.88. The molecule has 0 saturated carbocycles. The van der Waals surface area contributed by atoms with Gasteiger partial charge in [-0.15, -0.1) is 0 Å². The maximum Gasteiger partial charge on any atom is 0.200 e. The molecule has 0 saturated heterocycles. The number of hydrogen-bond acceptors (Lipinski definition) is 3. The van der Waals surface area contributed by atoms with Crippen molar-refractivity contribution in [2.75, 3.05) is 20.2 Å². The van der Waals surface area contributed by atoms with E-state index in [4.69, 9.17) is 17.0 Å². The molecule has 0 aromatic heterocycles. The molecule has 2 aliphatic heterocycles. The van der Waals surface area contributed by atoms with E-state index in [0.717, 1.165) is 24.7 Å². The lowest BCUT2D eigenvalue weighted by Crippen LogP contribution is -2.44. The molecule has 3 rings (SSSR count). The average Bonchev–Trinajstić information content (AvgIpc) is 2.85. The van der Waals surface area contributed by atoms with Gasteiger partial charge in [-0.2, -0.15) is 0 Å². The van der Waals surface area contributed by atoms with Gasteiger partial charge in [0.1, 0.15) is 12.4 Å². The first-order valence-corrected chi connectivity index (χ1v) is 7.49. The van der Waals surface area contributed by atoms with Crippen LogP contribution in [0.2, 0.25) is 0 Å². The summed E-state index contributed by atoms with van der Waals surface area (Å²) in [4.78, 5) is 1.93. The second-order valence-electron chi connectivity index (χ2n) is 5.30. The monoisotopic (exact) mass is 324 g/mol. The van der Waals surface area contributed by atoms with Crippen molar-refractivity contribution >= 4 is 17.3 Å². The summed E-state index contributed by atoms with van der Waals surface area (Å²) in [6.07, 6.45) is 3.00. The van der Waals surface area contributed by atoms with Crippen LogP contribution in [0.25, 0.3) is 0 Å². The summed E-state index contributed by atoms with van der Waals surface area (Å²) in [5.74, 6) is -1.12. The molecule has 4 nitrogen and oxygen atoms in total. The van der Waals surface area contributed by atoms with Crippen molar-refractivity contribution in [3.63, 3.8) is 0 Å². The summed E-state index contributed by atoms with van der Waals surface area (Å²) in [6, 6.07) is 2.06. The van der Waals surface area contributed by atoms with E-state index < -0.39 is 11.6 Å². The minimum absolute atomic E-state index is 0.101. The third-order valence-corrected chi connectivity index (χ3v) is 4.10. The zero-order chi connectivity index (χ0) is 15.7. The molecule has 0 amide bonds. The van der Waals surface area contributed by atoms with E-state index in [-0.39, 0.29) is 11.8 Å². The molecule has 0 unspecified atom stereocenters. The first-order chi connectivity index (χ1) is 10.6. The van der Waals surface area contributed by atoms with Crippen LogP contribution >= 0.6 is 12.2 Å². The maximum atomic E-state index is 13.7. The number of halogens is 2. The smallest absolute Gasteiger partial charge is 0.200 e. The van der Waals surface area contributed by atoms with Crippen LogP contribution in [0, 0.1) is 11.6 Å². The van der Waals surface area contributed by atoms with Crippen molar-refractivity contribution in [2.45, 2.75) is 18.9 Å². The number of nitrogens with one attached hydrogen (secondary N) is 1. The van der Waals surface area contributed by atoms with Gasteiger partial charge in [0.05, 0.1) is 6.04 Å². The van der Waals surface area contributed by atoms with Crippen LogP contribution in [0.1, 0.15) is 12.0 Å². The number of thiocarbonyl (C=S) groups is 1. The van der Waals surface area contributed by atoms with E-state index in [0.29, 0.717) is 23.7 Å². The third kappa shape index (κ3) is 2.78. The fourth-order valence-electron chi connectivity index (χ4n) is 2.79. The zero-order valence-corrected chi connectivity index (χ0v) is 12.9. The molecule has 1 radical (unpaired) electrons. The Bertz CT molecular complexity index is 635. The molecule has 0 bridgehead atoms. The highest BCUT2D eigenvalue weighted by atomic mass is 32.1. The second-order valence-corrected chi connectivity index (χ2v) is 5.67. The van der Waals surface area contributed by atoms with Gasteiger partial charge in [-0.3, -0.25) is 0 Å². The quantitative estimate of drug-likeness (QED) is 0.859. The van der Waals surface area contributed by atoms with E-state index in [1.165, 1.54) is 6.07 Å². The van der Waals surface area contributed by atoms with Crippen molar-refractivity contribution in [1.82, 2.24) is 15.5 Å². The van der Waals surface area contributed by atoms with Gasteiger partial charge in [0.25, 0.3) is 0 Å². The Kier molecular flexibility index (Phi) is 4.26.